The van der Waals surface area contributed by atoms with E-state index < -0.39 is 0 Å². The zero-order valence-electron chi connectivity index (χ0n) is 18.3. The Morgan fingerprint density at radius 1 is 1.06 bits per heavy atom. The Balaban J connectivity index is 0.00000341. The van der Waals surface area contributed by atoms with Crippen molar-refractivity contribution in [2.75, 3.05) is 31.6 Å². The van der Waals surface area contributed by atoms with E-state index in [-0.39, 0.29) is 43.2 Å². The Hall–Kier alpha value is -2.65. The topological polar surface area (TPSA) is 122 Å². The number of nitrogens with two attached hydrogens (primary N) is 1. The maximum absolute atomic E-state index is 7.11. The number of pyridine rings is 1. The molecule has 0 spiro atoms. The van der Waals surface area contributed by atoms with Gasteiger partial charge in [-0.25, -0.2) is 9.97 Å². The van der Waals surface area contributed by atoms with Crippen LogP contribution in [0.4, 0.5) is 5.82 Å². The van der Waals surface area contributed by atoms with Gasteiger partial charge in [0, 0.05) is 31.3 Å². The van der Waals surface area contributed by atoms with Gasteiger partial charge in [0.1, 0.15) is 5.82 Å². The van der Waals surface area contributed by atoms with E-state index in [0.717, 1.165) is 34.4 Å². The van der Waals surface area contributed by atoms with Gasteiger partial charge in [-0.15, -0.1) is 37.2 Å². The smallest absolute Gasteiger partial charge is 0.185 e. The van der Waals surface area contributed by atoms with Crippen LogP contribution in [0.15, 0.2) is 42.6 Å². The van der Waals surface area contributed by atoms with E-state index in [4.69, 9.17) is 15.9 Å². The molecule has 0 saturated carbocycles. The lowest BCUT2D eigenvalue weighted by Gasteiger charge is -2.11. The lowest BCUT2D eigenvalue weighted by atomic mass is 10.1. The molecule has 33 heavy (non-hydrogen) atoms. The zero-order chi connectivity index (χ0) is 21.2. The van der Waals surface area contributed by atoms with Gasteiger partial charge in [-0.3, -0.25) is 10.4 Å². The predicted molar refractivity (Wildman–Crippen MR) is 143 cm³/mol. The molecule has 1 aromatic carbocycles. The highest BCUT2D eigenvalue weighted by molar-refractivity contribution is 5.90. The standard InChI is InChI=1S/C22H27N7O.3ClH/c1-16-6-8-19-18(15-16)21(26-12-14-30-13-4-11-27-22(23)24)29-20(28-19)9-7-17-5-2-3-10-25-17;;;/h2-3,5-10,15H,4,11-14H2,1H3,(H4,23,24,27)(H,26,28,29);3*1H. The van der Waals surface area contributed by atoms with Crippen molar-refractivity contribution in [2.45, 2.75) is 13.3 Å². The number of hydrogen-bond acceptors (Lipinski definition) is 6. The number of guanidine groups is 1. The van der Waals surface area contributed by atoms with Crippen LogP contribution in [-0.4, -0.2) is 47.2 Å². The van der Waals surface area contributed by atoms with Crippen LogP contribution in [-0.2, 0) is 4.74 Å². The fraction of sp³-hybridized carbons (Fsp3) is 0.273. The molecule has 0 aliphatic heterocycles. The molecule has 0 saturated heterocycles. The Bertz CT molecular complexity index is 1020. The van der Waals surface area contributed by atoms with Crippen molar-refractivity contribution in [3.63, 3.8) is 0 Å². The van der Waals surface area contributed by atoms with Crippen LogP contribution in [0, 0.1) is 12.3 Å². The predicted octanol–water partition coefficient (Wildman–Crippen LogP) is 4.07. The van der Waals surface area contributed by atoms with E-state index in [9.17, 15) is 0 Å². The Labute approximate surface area is 212 Å². The summed E-state index contributed by atoms with van der Waals surface area (Å²) in [6.07, 6.45) is 6.31. The number of anilines is 1. The molecular weight excluding hydrogens is 485 g/mol. The summed E-state index contributed by atoms with van der Waals surface area (Å²) < 4.78 is 5.63. The van der Waals surface area contributed by atoms with Gasteiger partial charge >= 0.3 is 0 Å². The average molecular weight is 515 g/mol. The molecule has 3 aromatic rings. The first kappa shape index (κ1) is 30.4. The highest BCUT2D eigenvalue weighted by atomic mass is 35.5. The lowest BCUT2D eigenvalue weighted by molar-refractivity contribution is 0.142. The molecule has 180 valence electrons. The number of ether oxygens (including phenoxy) is 1. The summed E-state index contributed by atoms with van der Waals surface area (Å²) in [5.41, 5.74) is 8.13. The number of aryl methyl sites for hydroxylation is 1. The molecule has 0 aliphatic rings. The van der Waals surface area contributed by atoms with Gasteiger partial charge < -0.3 is 21.1 Å². The summed E-state index contributed by atoms with van der Waals surface area (Å²) in [6.45, 7) is 4.46. The van der Waals surface area contributed by atoms with Gasteiger partial charge in [-0.05, 0) is 49.8 Å². The second-order valence-electron chi connectivity index (χ2n) is 6.77. The second-order valence-corrected chi connectivity index (χ2v) is 6.77. The molecule has 5 N–H and O–H groups in total. The summed E-state index contributed by atoms with van der Waals surface area (Å²) in [5, 5.41) is 14.2. The molecule has 0 fully saturated rings. The van der Waals surface area contributed by atoms with E-state index in [2.05, 4.69) is 38.6 Å². The zero-order valence-corrected chi connectivity index (χ0v) is 20.7. The largest absolute Gasteiger partial charge is 0.380 e. The number of fused-ring (bicyclic) bond motifs is 1. The van der Waals surface area contributed by atoms with E-state index >= 15 is 0 Å². The SMILES string of the molecule is Cc1ccc2nc(C=Cc3ccccn3)nc(NCCOCCCNC(=N)N)c2c1.Cl.Cl.Cl. The highest BCUT2D eigenvalue weighted by Gasteiger charge is 2.07. The van der Waals surface area contributed by atoms with Crippen molar-refractivity contribution in [1.82, 2.24) is 20.3 Å². The minimum absolute atomic E-state index is 0. The number of nitrogens with zero attached hydrogens (tertiary/aromatic N) is 3. The molecule has 0 bridgehead atoms. The van der Waals surface area contributed by atoms with Crippen LogP contribution in [0.5, 0.6) is 0 Å². The Morgan fingerprint density at radius 3 is 2.61 bits per heavy atom. The highest BCUT2D eigenvalue weighted by Crippen LogP contribution is 2.22. The summed E-state index contributed by atoms with van der Waals surface area (Å²) >= 11 is 0. The number of hydrogen-bond donors (Lipinski definition) is 4. The van der Waals surface area contributed by atoms with E-state index in [1.54, 1.807) is 6.20 Å². The third-order valence-electron chi connectivity index (χ3n) is 4.28. The first-order chi connectivity index (χ1) is 14.6. The molecule has 3 rings (SSSR count). The van der Waals surface area contributed by atoms with Crippen molar-refractivity contribution in [3.8, 4) is 0 Å². The van der Waals surface area contributed by atoms with Crippen LogP contribution < -0.4 is 16.4 Å². The van der Waals surface area contributed by atoms with Crippen LogP contribution >= 0.6 is 37.2 Å². The fourth-order valence-corrected chi connectivity index (χ4v) is 2.84. The minimum atomic E-state index is -0.0181. The maximum Gasteiger partial charge on any atom is 0.185 e. The normalized spacial score (nSPS) is 10.1. The van der Waals surface area contributed by atoms with Gasteiger partial charge in [0.15, 0.2) is 11.8 Å². The third kappa shape index (κ3) is 10.2. The van der Waals surface area contributed by atoms with Gasteiger partial charge in [0.25, 0.3) is 0 Å². The first-order valence-electron chi connectivity index (χ1n) is 9.89. The molecule has 0 amide bonds. The molecule has 0 aliphatic carbocycles. The van der Waals surface area contributed by atoms with Crippen LogP contribution in [0.2, 0.25) is 0 Å². The average Bonchev–Trinajstić information content (AvgIpc) is 2.75. The van der Waals surface area contributed by atoms with Crippen molar-refractivity contribution in [1.29, 1.82) is 5.41 Å². The molecule has 0 unspecified atom stereocenters. The molecule has 8 nitrogen and oxygen atoms in total. The number of rotatable bonds is 10. The van der Waals surface area contributed by atoms with E-state index in [1.165, 1.54) is 0 Å². The second kappa shape index (κ2) is 16.0. The lowest BCUT2D eigenvalue weighted by Crippen LogP contribution is -2.31. The molecule has 2 aromatic heterocycles. The van der Waals surface area contributed by atoms with E-state index in [1.807, 2.05) is 42.5 Å². The van der Waals surface area contributed by atoms with E-state index in [0.29, 0.717) is 32.1 Å². The molecule has 2 heterocycles. The molecule has 0 atom stereocenters. The van der Waals surface area contributed by atoms with Gasteiger partial charge in [0.05, 0.1) is 17.8 Å². The van der Waals surface area contributed by atoms with Gasteiger partial charge in [-0.1, -0.05) is 17.7 Å². The Morgan fingerprint density at radius 2 is 1.88 bits per heavy atom. The third-order valence-corrected chi connectivity index (χ3v) is 4.28. The fourth-order valence-electron chi connectivity index (χ4n) is 2.84. The molecule has 0 radical (unpaired) electrons. The minimum Gasteiger partial charge on any atom is -0.380 e. The van der Waals surface area contributed by atoms with Gasteiger partial charge in [0.2, 0.25) is 0 Å². The number of aromatic nitrogens is 3. The Kier molecular flexibility index (Phi) is 14.8. The van der Waals surface area contributed by atoms with Crippen LogP contribution in [0.25, 0.3) is 23.1 Å². The monoisotopic (exact) mass is 513 g/mol. The quantitative estimate of drug-likeness (QED) is 0.183. The first-order valence-corrected chi connectivity index (χ1v) is 9.89. The molecular formula is C22H30Cl3N7O. The summed E-state index contributed by atoms with van der Waals surface area (Å²) in [5.74, 6) is 1.39. The number of nitrogens with one attached hydrogen (secondary N) is 3. The van der Waals surface area contributed by atoms with Crippen LogP contribution in [0.1, 0.15) is 23.5 Å². The van der Waals surface area contributed by atoms with Crippen molar-refractivity contribution < 1.29 is 4.74 Å². The summed E-state index contributed by atoms with van der Waals surface area (Å²) in [6, 6.07) is 11.9. The summed E-state index contributed by atoms with van der Waals surface area (Å²) in [7, 11) is 0. The van der Waals surface area contributed by atoms with Crippen molar-refractivity contribution in [3.05, 3.63) is 59.7 Å². The number of halogens is 3. The summed E-state index contributed by atoms with van der Waals surface area (Å²) in [4.78, 5) is 13.6. The van der Waals surface area contributed by atoms with Crippen molar-refractivity contribution >= 4 is 72.1 Å². The van der Waals surface area contributed by atoms with Gasteiger partial charge in [-0.2, -0.15) is 0 Å². The number of benzene rings is 1. The molecule has 11 heteroatoms. The van der Waals surface area contributed by atoms with Crippen molar-refractivity contribution in [2.24, 2.45) is 5.73 Å². The maximum atomic E-state index is 7.11. The van der Waals surface area contributed by atoms with Crippen LogP contribution in [0.3, 0.4) is 0 Å².